The van der Waals surface area contributed by atoms with Crippen LogP contribution in [0.25, 0.3) is 6.08 Å². The number of carbonyl (C=O) groups excluding carboxylic acids is 3. The molecule has 2 saturated heterocycles. The molecule has 0 aromatic heterocycles. The summed E-state index contributed by atoms with van der Waals surface area (Å²) in [5, 5.41) is 6.87. The first-order valence-corrected chi connectivity index (χ1v) is 14.0. The third-order valence-electron chi connectivity index (χ3n) is 6.89. The minimum absolute atomic E-state index is 0.0363. The van der Waals surface area contributed by atoms with Crippen molar-refractivity contribution in [1.82, 2.24) is 20.4 Å². The Morgan fingerprint density at radius 2 is 1.88 bits per heavy atom. The standard InChI is InChI=1S/C27H32ClFN4O2.C3H6O2/c1-19-17-32(18-20-2-7-23(29)8-3-20)14-15-33(19)26(34)9-5-21-4-6-22(28)16-25(21)27(35)31-24-10-12-30-13-11-24;1-2-5-3-4/h2-9,16,19,24,30H,10-15,17-18H2,1H3,(H,31,35);3H,2H2,1H3/b9-5+;. The number of nitrogens with zero attached hydrogens (tertiary/aromatic N) is 2. The summed E-state index contributed by atoms with van der Waals surface area (Å²) in [7, 11) is 0. The molecule has 0 radical (unpaired) electrons. The number of hydrogen-bond donors (Lipinski definition) is 2. The third-order valence-corrected chi connectivity index (χ3v) is 7.12. The molecule has 0 saturated carbocycles. The van der Waals surface area contributed by atoms with Crippen molar-refractivity contribution < 1.29 is 23.5 Å². The maximum absolute atomic E-state index is 13.2. The number of benzene rings is 2. The Bertz CT molecular complexity index is 1150. The molecule has 2 N–H and O–H groups in total. The highest BCUT2D eigenvalue weighted by Crippen LogP contribution is 2.20. The smallest absolute Gasteiger partial charge is 0.293 e. The van der Waals surface area contributed by atoms with Crippen molar-refractivity contribution in [2.45, 2.75) is 45.3 Å². The Labute approximate surface area is 240 Å². The van der Waals surface area contributed by atoms with Crippen molar-refractivity contribution >= 4 is 36.0 Å². The lowest BCUT2D eigenvalue weighted by molar-refractivity contribution is -0.130. The van der Waals surface area contributed by atoms with Crippen LogP contribution < -0.4 is 10.6 Å². The molecule has 2 aromatic carbocycles. The van der Waals surface area contributed by atoms with E-state index in [1.54, 1.807) is 43.3 Å². The van der Waals surface area contributed by atoms with Gasteiger partial charge >= 0.3 is 0 Å². The average Bonchev–Trinajstić information content (AvgIpc) is 2.95. The van der Waals surface area contributed by atoms with E-state index in [9.17, 15) is 18.8 Å². The van der Waals surface area contributed by atoms with Gasteiger partial charge < -0.3 is 20.3 Å². The maximum Gasteiger partial charge on any atom is 0.293 e. The van der Waals surface area contributed by atoms with Crippen LogP contribution in [0.2, 0.25) is 5.02 Å². The molecule has 2 fully saturated rings. The van der Waals surface area contributed by atoms with Gasteiger partial charge in [-0.25, -0.2) is 4.39 Å². The van der Waals surface area contributed by atoms with E-state index in [1.807, 2.05) is 11.8 Å². The Morgan fingerprint density at radius 3 is 2.50 bits per heavy atom. The number of amides is 2. The summed E-state index contributed by atoms with van der Waals surface area (Å²) in [6.07, 6.45) is 5.02. The van der Waals surface area contributed by atoms with Crippen LogP contribution >= 0.6 is 11.6 Å². The van der Waals surface area contributed by atoms with Gasteiger partial charge in [0, 0.05) is 54.9 Å². The second kappa shape index (κ2) is 16.1. The van der Waals surface area contributed by atoms with E-state index in [0.29, 0.717) is 35.8 Å². The Balaban J connectivity index is 0.000000810. The molecule has 2 heterocycles. The highest BCUT2D eigenvalue weighted by molar-refractivity contribution is 6.31. The maximum atomic E-state index is 13.2. The van der Waals surface area contributed by atoms with Gasteiger partial charge in [-0.3, -0.25) is 19.3 Å². The number of piperidine rings is 1. The van der Waals surface area contributed by atoms with Crippen LogP contribution in [0.5, 0.6) is 0 Å². The van der Waals surface area contributed by atoms with Crippen molar-refractivity contribution in [3.8, 4) is 0 Å². The molecule has 1 unspecified atom stereocenters. The molecule has 0 aliphatic carbocycles. The lowest BCUT2D eigenvalue weighted by Gasteiger charge is -2.39. The van der Waals surface area contributed by atoms with Gasteiger partial charge in [0.1, 0.15) is 5.82 Å². The monoisotopic (exact) mass is 572 g/mol. The number of halogens is 2. The molecule has 8 nitrogen and oxygen atoms in total. The van der Waals surface area contributed by atoms with Gasteiger partial charge in [0.05, 0.1) is 6.61 Å². The first-order valence-electron chi connectivity index (χ1n) is 13.6. The lowest BCUT2D eigenvalue weighted by atomic mass is 10.0. The van der Waals surface area contributed by atoms with Crippen LogP contribution in [0.3, 0.4) is 0 Å². The molecule has 2 amide bonds. The van der Waals surface area contributed by atoms with E-state index in [-0.39, 0.29) is 29.7 Å². The SMILES string of the molecule is CC1CN(Cc2ccc(F)cc2)CCN1C(=O)/C=C/c1ccc(Cl)cc1C(=O)NC1CCNCC1.CCOC=O. The molecule has 216 valence electrons. The molecule has 0 bridgehead atoms. The molecule has 2 aliphatic rings. The van der Waals surface area contributed by atoms with Gasteiger partial charge in [0.15, 0.2) is 0 Å². The zero-order valence-corrected chi connectivity index (χ0v) is 23.8. The largest absolute Gasteiger partial charge is 0.468 e. The number of rotatable bonds is 8. The third kappa shape index (κ3) is 9.73. The molecular formula is C30H38ClFN4O4. The molecule has 2 aliphatic heterocycles. The molecule has 0 spiro atoms. The van der Waals surface area contributed by atoms with Crippen molar-refractivity contribution in [2.24, 2.45) is 0 Å². The highest BCUT2D eigenvalue weighted by Gasteiger charge is 2.26. The fourth-order valence-corrected chi connectivity index (χ4v) is 4.95. The van der Waals surface area contributed by atoms with Crippen molar-refractivity contribution in [2.75, 3.05) is 39.3 Å². The fourth-order valence-electron chi connectivity index (χ4n) is 4.78. The van der Waals surface area contributed by atoms with Crippen molar-refractivity contribution in [1.29, 1.82) is 0 Å². The van der Waals surface area contributed by atoms with Gasteiger partial charge in [0.25, 0.3) is 12.4 Å². The number of ether oxygens (including phenoxy) is 1. The summed E-state index contributed by atoms with van der Waals surface area (Å²) < 4.78 is 17.3. The summed E-state index contributed by atoms with van der Waals surface area (Å²) in [6.45, 7) is 9.28. The van der Waals surface area contributed by atoms with E-state index < -0.39 is 0 Å². The van der Waals surface area contributed by atoms with Gasteiger partial charge in [-0.1, -0.05) is 29.8 Å². The molecular weight excluding hydrogens is 535 g/mol. The van der Waals surface area contributed by atoms with E-state index in [2.05, 4.69) is 20.3 Å². The number of piperazine rings is 1. The normalized spacial score (nSPS) is 18.1. The van der Waals surface area contributed by atoms with Gasteiger partial charge in [-0.05, 0) is 81.2 Å². The van der Waals surface area contributed by atoms with Gasteiger partial charge in [0.2, 0.25) is 5.91 Å². The summed E-state index contributed by atoms with van der Waals surface area (Å²) in [5.41, 5.74) is 2.19. The Morgan fingerprint density at radius 1 is 1.15 bits per heavy atom. The molecule has 1 atom stereocenters. The number of nitrogens with one attached hydrogen (secondary N) is 2. The van der Waals surface area contributed by atoms with Crippen LogP contribution in [0, 0.1) is 5.82 Å². The first kappa shape index (κ1) is 31.3. The Kier molecular flexibility index (Phi) is 12.6. The molecule has 10 heteroatoms. The summed E-state index contributed by atoms with van der Waals surface area (Å²) >= 11 is 6.17. The quantitative estimate of drug-likeness (QED) is 0.368. The van der Waals surface area contributed by atoms with Crippen LogP contribution in [-0.2, 0) is 20.9 Å². The van der Waals surface area contributed by atoms with Crippen LogP contribution in [-0.4, -0.2) is 79.5 Å². The second-order valence-corrected chi connectivity index (χ2v) is 10.3. The van der Waals surface area contributed by atoms with Gasteiger partial charge in [-0.2, -0.15) is 0 Å². The minimum atomic E-state index is -0.239. The minimum Gasteiger partial charge on any atom is -0.468 e. The fraction of sp³-hybridized carbons (Fsp3) is 0.433. The van der Waals surface area contributed by atoms with E-state index in [1.165, 1.54) is 18.2 Å². The van der Waals surface area contributed by atoms with E-state index in [4.69, 9.17) is 11.6 Å². The van der Waals surface area contributed by atoms with Crippen LogP contribution in [0.4, 0.5) is 4.39 Å². The topological polar surface area (TPSA) is 91.0 Å². The summed E-state index contributed by atoms with van der Waals surface area (Å²) in [5.74, 6) is -0.496. The Hall–Kier alpha value is -3.27. The summed E-state index contributed by atoms with van der Waals surface area (Å²) in [6, 6.07) is 11.9. The lowest BCUT2D eigenvalue weighted by Crippen LogP contribution is -2.53. The van der Waals surface area contributed by atoms with Crippen LogP contribution in [0.15, 0.2) is 48.5 Å². The van der Waals surface area contributed by atoms with Crippen LogP contribution in [0.1, 0.15) is 48.2 Å². The van der Waals surface area contributed by atoms with Crippen molar-refractivity contribution in [3.05, 3.63) is 76.1 Å². The second-order valence-electron chi connectivity index (χ2n) is 9.86. The average molecular weight is 573 g/mol. The van der Waals surface area contributed by atoms with E-state index in [0.717, 1.165) is 51.1 Å². The predicted molar refractivity (Wildman–Crippen MR) is 154 cm³/mol. The predicted octanol–water partition coefficient (Wildman–Crippen LogP) is 3.89. The van der Waals surface area contributed by atoms with Gasteiger partial charge in [-0.15, -0.1) is 0 Å². The highest BCUT2D eigenvalue weighted by atomic mass is 35.5. The number of hydrogen-bond acceptors (Lipinski definition) is 6. The molecule has 4 rings (SSSR count). The molecule has 40 heavy (non-hydrogen) atoms. The molecule has 2 aromatic rings. The number of carbonyl (C=O) groups is 3. The zero-order chi connectivity index (χ0) is 28.9. The zero-order valence-electron chi connectivity index (χ0n) is 23.1. The van der Waals surface area contributed by atoms with Crippen molar-refractivity contribution in [3.63, 3.8) is 0 Å². The van der Waals surface area contributed by atoms with E-state index >= 15 is 0 Å². The first-order chi connectivity index (χ1) is 19.3. The summed E-state index contributed by atoms with van der Waals surface area (Å²) in [4.78, 5) is 39.2.